The summed E-state index contributed by atoms with van der Waals surface area (Å²) in [7, 11) is 0. The number of benzene rings is 1. The number of carbonyl (C=O) groups excluding carboxylic acids is 1. The third-order valence-electron chi connectivity index (χ3n) is 4.81. The molecule has 1 amide bonds. The molecule has 1 atom stereocenters. The normalized spacial score (nSPS) is 22.2. The van der Waals surface area contributed by atoms with Crippen molar-refractivity contribution in [2.75, 3.05) is 39.4 Å². The smallest absolute Gasteiger partial charge is 0.256 e. The molecule has 2 aromatic rings. The lowest BCUT2D eigenvalue weighted by Crippen LogP contribution is -2.52. The molecule has 1 aromatic carbocycles. The van der Waals surface area contributed by atoms with Crippen LogP contribution >= 0.6 is 0 Å². The highest BCUT2D eigenvalue weighted by atomic mass is 19.1. The predicted octanol–water partition coefficient (Wildman–Crippen LogP) is 1.32. The van der Waals surface area contributed by atoms with E-state index in [4.69, 9.17) is 4.74 Å². The topological polar surface area (TPSA) is 58.6 Å². The Labute approximate surface area is 139 Å². The van der Waals surface area contributed by atoms with Gasteiger partial charge in [-0.15, -0.1) is 0 Å². The molecule has 3 heterocycles. The molecule has 1 unspecified atom stereocenters. The molecule has 0 N–H and O–H groups in total. The summed E-state index contributed by atoms with van der Waals surface area (Å²) in [4.78, 5) is 25.0. The SMILES string of the molecule is O=C(c1cc2nccnc2cc1F)N1CCN(C2CCOC2)CC1. The predicted molar refractivity (Wildman–Crippen MR) is 86.2 cm³/mol. The van der Waals surface area contributed by atoms with Crippen molar-refractivity contribution in [2.24, 2.45) is 0 Å². The number of hydrogen-bond donors (Lipinski definition) is 0. The van der Waals surface area contributed by atoms with Gasteiger partial charge < -0.3 is 9.64 Å². The maximum absolute atomic E-state index is 14.3. The lowest BCUT2D eigenvalue weighted by atomic mass is 10.1. The Kier molecular flexibility index (Phi) is 4.12. The van der Waals surface area contributed by atoms with E-state index in [1.165, 1.54) is 24.5 Å². The molecule has 0 radical (unpaired) electrons. The molecule has 0 spiro atoms. The average Bonchev–Trinajstić information content (AvgIpc) is 3.15. The summed E-state index contributed by atoms with van der Waals surface area (Å²) in [6, 6.07) is 3.23. The van der Waals surface area contributed by atoms with Crippen LogP contribution in [-0.2, 0) is 4.74 Å². The van der Waals surface area contributed by atoms with Gasteiger partial charge in [0.15, 0.2) is 0 Å². The molecule has 2 fully saturated rings. The molecule has 4 rings (SSSR count). The number of hydrogen-bond acceptors (Lipinski definition) is 5. The van der Waals surface area contributed by atoms with Crippen molar-refractivity contribution in [2.45, 2.75) is 12.5 Å². The fourth-order valence-corrected chi connectivity index (χ4v) is 3.42. The van der Waals surface area contributed by atoms with Gasteiger partial charge in [-0.3, -0.25) is 19.7 Å². The molecule has 2 aliphatic rings. The highest BCUT2D eigenvalue weighted by molar-refractivity contribution is 5.97. The Bertz CT molecular complexity index is 755. The van der Waals surface area contributed by atoms with Gasteiger partial charge in [0.05, 0.1) is 23.2 Å². The third kappa shape index (κ3) is 2.85. The van der Waals surface area contributed by atoms with Crippen LogP contribution < -0.4 is 0 Å². The summed E-state index contributed by atoms with van der Waals surface area (Å²) in [5.74, 6) is -0.818. The fraction of sp³-hybridized carbons (Fsp3) is 0.471. The number of ether oxygens (including phenoxy) is 1. The Morgan fingerprint density at radius 1 is 1.12 bits per heavy atom. The van der Waals surface area contributed by atoms with Crippen LogP contribution in [0.1, 0.15) is 16.8 Å². The highest BCUT2D eigenvalue weighted by Gasteiger charge is 2.29. The van der Waals surface area contributed by atoms with Crippen LogP contribution in [0, 0.1) is 5.82 Å². The molecule has 1 aromatic heterocycles. The molecule has 7 heteroatoms. The Morgan fingerprint density at radius 3 is 2.50 bits per heavy atom. The Balaban J connectivity index is 1.49. The van der Waals surface area contributed by atoms with E-state index in [2.05, 4.69) is 14.9 Å². The highest BCUT2D eigenvalue weighted by Crippen LogP contribution is 2.20. The van der Waals surface area contributed by atoms with Crippen LogP contribution in [0.4, 0.5) is 4.39 Å². The molecular weight excluding hydrogens is 311 g/mol. The van der Waals surface area contributed by atoms with Crippen molar-refractivity contribution in [3.63, 3.8) is 0 Å². The quantitative estimate of drug-likeness (QED) is 0.831. The van der Waals surface area contributed by atoms with Crippen LogP contribution in [0.2, 0.25) is 0 Å². The number of fused-ring (bicyclic) bond motifs is 1. The van der Waals surface area contributed by atoms with Crippen LogP contribution in [0.15, 0.2) is 24.5 Å². The third-order valence-corrected chi connectivity index (χ3v) is 4.81. The number of aromatic nitrogens is 2. The van der Waals surface area contributed by atoms with Crippen molar-refractivity contribution < 1.29 is 13.9 Å². The molecule has 0 aliphatic carbocycles. The summed E-state index contributed by atoms with van der Waals surface area (Å²) in [5, 5.41) is 0. The van der Waals surface area contributed by atoms with Gasteiger partial charge in [0.1, 0.15) is 5.82 Å². The molecule has 126 valence electrons. The van der Waals surface area contributed by atoms with Crippen LogP contribution in [0.5, 0.6) is 0 Å². The minimum Gasteiger partial charge on any atom is -0.380 e. The summed E-state index contributed by atoms with van der Waals surface area (Å²) < 4.78 is 19.7. The number of nitrogens with zero attached hydrogens (tertiary/aromatic N) is 4. The first-order valence-corrected chi connectivity index (χ1v) is 8.24. The van der Waals surface area contributed by atoms with Gasteiger partial charge in [-0.2, -0.15) is 0 Å². The Morgan fingerprint density at radius 2 is 1.83 bits per heavy atom. The molecule has 2 aliphatic heterocycles. The first-order valence-electron chi connectivity index (χ1n) is 8.24. The minimum absolute atomic E-state index is 0.0700. The zero-order valence-electron chi connectivity index (χ0n) is 13.3. The van der Waals surface area contributed by atoms with Crippen molar-refractivity contribution in [3.05, 3.63) is 35.9 Å². The van der Waals surface area contributed by atoms with Crippen molar-refractivity contribution >= 4 is 16.9 Å². The summed E-state index contributed by atoms with van der Waals surface area (Å²) in [5.41, 5.74) is 1.06. The van der Waals surface area contributed by atoms with Crippen molar-refractivity contribution in [1.82, 2.24) is 19.8 Å². The van der Waals surface area contributed by atoms with Crippen LogP contribution in [-0.4, -0.2) is 71.1 Å². The van der Waals surface area contributed by atoms with Gasteiger partial charge >= 0.3 is 0 Å². The second-order valence-electron chi connectivity index (χ2n) is 6.22. The van der Waals surface area contributed by atoms with Crippen molar-refractivity contribution in [1.29, 1.82) is 0 Å². The molecule has 0 saturated carbocycles. The first kappa shape index (κ1) is 15.4. The van der Waals surface area contributed by atoms with Gasteiger partial charge in [0.25, 0.3) is 5.91 Å². The first-order chi connectivity index (χ1) is 11.7. The average molecular weight is 330 g/mol. The zero-order chi connectivity index (χ0) is 16.5. The lowest BCUT2D eigenvalue weighted by Gasteiger charge is -2.37. The van der Waals surface area contributed by atoms with Gasteiger partial charge in [-0.1, -0.05) is 0 Å². The van der Waals surface area contributed by atoms with E-state index >= 15 is 0 Å². The second kappa shape index (κ2) is 6.41. The van der Waals surface area contributed by atoms with Crippen LogP contribution in [0.3, 0.4) is 0 Å². The number of piperazine rings is 1. The van der Waals surface area contributed by atoms with E-state index in [9.17, 15) is 9.18 Å². The fourth-order valence-electron chi connectivity index (χ4n) is 3.42. The molecule has 6 nitrogen and oxygen atoms in total. The summed E-state index contributed by atoms with van der Waals surface area (Å²) in [6.45, 7) is 4.39. The van der Waals surface area contributed by atoms with Crippen LogP contribution in [0.25, 0.3) is 11.0 Å². The van der Waals surface area contributed by atoms with E-state index in [1.807, 2.05) is 0 Å². The summed E-state index contributed by atoms with van der Waals surface area (Å²) in [6.07, 6.45) is 4.10. The van der Waals surface area contributed by atoms with E-state index < -0.39 is 5.82 Å². The van der Waals surface area contributed by atoms with Gasteiger partial charge in [0, 0.05) is 57.3 Å². The Hall–Kier alpha value is -2.12. The van der Waals surface area contributed by atoms with E-state index in [0.717, 1.165) is 32.7 Å². The molecule has 24 heavy (non-hydrogen) atoms. The molecule has 0 bridgehead atoms. The maximum atomic E-state index is 14.3. The zero-order valence-corrected chi connectivity index (χ0v) is 13.3. The van der Waals surface area contributed by atoms with E-state index in [0.29, 0.717) is 30.2 Å². The summed E-state index contributed by atoms with van der Waals surface area (Å²) >= 11 is 0. The lowest BCUT2D eigenvalue weighted by molar-refractivity contribution is 0.0545. The molecule has 2 saturated heterocycles. The van der Waals surface area contributed by atoms with Crippen molar-refractivity contribution in [3.8, 4) is 0 Å². The van der Waals surface area contributed by atoms with Gasteiger partial charge in [-0.25, -0.2) is 4.39 Å². The maximum Gasteiger partial charge on any atom is 0.256 e. The number of halogens is 1. The monoisotopic (exact) mass is 330 g/mol. The van der Waals surface area contributed by atoms with E-state index in [-0.39, 0.29) is 11.5 Å². The number of rotatable bonds is 2. The number of carbonyl (C=O) groups is 1. The van der Waals surface area contributed by atoms with Gasteiger partial charge in [-0.05, 0) is 12.5 Å². The number of amides is 1. The largest absolute Gasteiger partial charge is 0.380 e. The minimum atomic E-state index is -0.542. The second-order valence-corrected chi connectivity index (χ2v) is 6.22. The standard InChI is InChI=1S/C17H19FN4O2/c18-14-10-16-15(19-2-3-20-16)9-13(14)17(23)22-6-4-21(5-7-22)12-1-8-24-11-12/h2-3,9-10,12H,1,4-8,11H2. The van der Waals surface area contributed by atoms with Gasteiger partial charge in [0.2, 0.25) is 0 Å². The molecular formula is C17H19FN4O2. The van der Waals surface area contributed by atoms with E-state index in [1.54, 1.807) is 4.90 Å².